The molecule has 36 heavy (non-hydrogen) atoms. The second-order valence-electron chi connectivity index (χ2n) is 9.62. The lowest BCUT2D eigenvalue weighted by Crippen LogP contribution is -2.52. The van der Waals surface area contributed by atoms with Gasteiger partial charge in [-0.3, -0.25) is 4.79 Å². The molecule has 1 fully saturated rings. The first-order valence-corrected chi connectivity index (χ1v) is 12.8. The molecule has 1 aliphatic heterocycles. The lowest BCUT2D eigenvalue weighted by Gasteiger charge is -2.38. The predicted molar refractivity (Wildman–Crippen MR) is 154 cm³/mol. The number of aromatic nitrogens is 1. The number of benzene rings is 1. The maximum atomic E-state index is 14.1. The number of likely N-dealkylation sites (N-methyl/N-ethyl adjacent to an activating group) is 1. The van der Waals surface area contributed by atoms with Crippen molar-refractivity contribution in [3.63, 3.8) is 0 Å². The molecule has 3 rings (SSSR count). The highest BCUT2D eigenvalue weighted by Gasteiger charge is 2.33. The third kappa shape index (κ3) is 7.89. The Bertz CT molecular complexity index is 946. The number of nitrogens with zero attached hydrogens (tertiary/aromatic N) is 3. The molecule has 0 saturated carbocycles. The van der Waals surface area contributed by atoms with Gasteiger partial charge in [0.15, 0.2) is 0 Å². The fourth-order valence-corrected chi connectivity index (χ4v) is 5.09. The van der Waals surface area contributed by atoms with Crippen molar-refractivity contribution in [2.75, 3.05) is 54.1 Å². The van der Waals surface area contributed by atoms with E-state index in [1.807, 2.05) is 37.2 Å². The molecule has 1 aromatic heterocycles. The van der Waals surface area contributed by atoms with Crippen LogP contribution in [0.4, 0.5) is 0 Å². The van der Waals surface area contributed by atoms with Gasteiger partial charge in [-0.15, -0.1) is 24.8 Å². The van der Waals surface area contributed by atoms with Crippen molar-refractivity contribution in [3.8, 4) is 5.75 Å². The van der Waals surface area contributed by atoms with Gasteiger partial charge in [0.1, 0.15) is 18.1 Å². The Morgan fingerprint density at radius 3 is 2.58 bits per heavy atom. The molecule has 1 atom stereocenters. The number of hydrogen-bond acceptors (Lipinski definition) is 5. The average molecular weight is 566 g/mol. The van der Waals surface area contributed by atoms with Crippen molar-refractivity contribution in [1.82, 2.24) is 19.7 Å². The first-order valence-electron chi connectivity index (χ1n) is 12.5. The second-order valence-corrected chi connectivity index (χ2v) is 10.0. The number of carbonyl (C=O) groups excluding carboxylic acids is 1. The smallest absolute Gasteiger partial charge is 0.272 e. The van der Waals surface area contributed by atoms with Gasteiger partial charge in [-0.25, -0.2) is 0 Å². The van der Waals surface area contributed by atoms with E-state index < -0.39 is 0 Å². The number of halogens is 3. The molecule has 0 aliphatic carbocycles. The zero-order valence-corrected chi connectivity index (χ0v) is 24.6. The molecule has 1 amide bonds. The molecule has 1 aromatic carbocycles. The summed E-state index contributed by atoms with van der Waals surface area (Å²) in [6.07, 6.45) is 3.86. The Balaban J connectivity index is 0.00000324. The van der Waals surface area contributed by atoms with Crippen LogP contribution in [0.25, 0.3) is 10.9 Å². The number of unbranched alkanes of at least 4 members (excludes halogenated alkanes) is 1. The van der Waals surface area contributed by atoms with Crippen LogP contribution >= 0.6 is 36.4 Å². The van der Waals surface area contributed by atoms with Gasteiger partial charge in [-0.1, -0.05) is 23.7 Å². The van der Waals surface area contributed by atoms with Gasteiger partial charge in [-0.2, -0.15) is 0 Å². The number of methoxy groups -OCH3 is 1. The fraction of sp³-hybridized carbons (Fsp3) is 0.654. The molecule has 0 unspecified atom stereocenters. The summed E-state index contributed by atoms with van der Waals surface area (Å²) >= 11 is 6.97. The molecule has 7 nitrogen and oxygen atoms in total. The minimum absolute atomic E-state index is 0. The number of ether oxygens (including phenoxy) is 2. The van der Waals surface area contributed by atoms with Crippen LogP contribution in [0.2, 0.25) is 5.02 Å². The third-order valence-corrected chi connectivity index (χ3v) is 6.80. The summed E-state index contributed by atoms with van der Waals surface area (Å²) < 4.78 is 13.5. The number of amides is 1. The standard InChI is InChI=1S/C26H41ClN4O3.2ClH/c1-19(2)31(20-10-9-13-28-18-20)26(32)25-23(27)21-11-8-12-22(34-17-15-29(3)4)24(21)30(25)14-6-7-16-33-5;;/h8,11-12,19-20,28H,6-7,9-10,13-18H2,1-5H3;2*1H/t20-;;/m1../s1. The van der Waals surface area contributed by atoms with E-state index >= 15 is 0 Å². The number of hydrogen-bond donors (Lipinski definition) is 1. The Kier molecular flexibility index (Phi) is 14.5. The highest BCUT2D eigenvalue weighted by molar-refractivity contribution is 6.39. The quantitative estimate of drug-likeness (QED) is 0.363. The summed E-state index contributed by atoms with van der Waals surface area (Å²) in [5.74, 6) is 0.762. The SMILES string of the molecule is COCCCCn1c(C(=O)N(C(C)C)[C@@H]2CCCNC2)c(Cl)c2cccc(OCCN(C)C)c21.Cl.Cl. The van der Waals surface area contributed by atoms with Gasteiger partial charge in [-0.05, 0) is 66.2 Å². The first kappa shape index (κ1) is 32.8. The number of piperidine rings is 1. The van der Waals surface area contributed by atoms with Crippen molar-refractivity contribution in [2.45, 2.75) is 58.2 Å². The molecule has 2 heterocycles. The van der Waals surface area contributed by atoms with Crippen LogP contribution in [0.15, 0.2) is 18.2 Å². The van der Waals surface area contributed by atoms with Crippen LogP contribution in [0, 0.1) is 0 Å². The highest BCUT2D eigenvalue weighted by atomic mass is 35.5. The van der Waals surface area contributed by atoms with Gasteiger partial charge < -0.3 is 29.2 Å². The average Bonchev–Trinajstić information content (AvgIpc) is 3.09. The van der Waals surface area contributed by atoms with Crippen LogP contribution < -0.4 is 10.1 Å². The summed E-state index contributed by atoms with van der Waals surface area (Å²) in [5, 5.41) is 4.83. The molecule has 0 bridgehead atoms. The van der Waals surface area contributed by atoms with Crippen LogP contribution in [0.5, 0.6) is 5.75 Å². The van der Waals surface area contributed by atoms with E-state index in [0.717, 1.165) is 62.0 Å². The van der Waals surface area contributed by atoms with Gasteiger partial charge in [0, 0.05) is 50.8 Å². The van der Waals surface area contributed by atoms with E-state index in [4.69, 9.17) is 21.1 Å². The number of para-hydroxylation sites is 1. The minimum atomic E-state index is -0.00381. The summed E-state index contributed by atoms with van der Waals surface area (Å²) in [4.78, 5) is 18.2. The monoisotopic (exact) mass is 564 g/mol. The molecule has 1 aliphatic rings. The number of nitrogens with one attached hydrogen (secondary N) is 1. The zero-order valence-electron chi connectivity index (χ0n) is 22.2. The molecule has 2 aromatic rings. The molecular weight excluding hydrogens is 523 g/mol. The highest BCUT2D eigenvalue weighted by Crippen LogP contribution is 2.38. The van der Waals surface area contributed by atoms with Gasteiger partial charge in [0.2, 0.25) is 0 Å². The molecule has 10 heteroatoms. The maximum Gasteiger partial charge on any atom is 0.272 e. The second kappa shape index (κ2) is 15.9. The summed E-state index contributed by atoms with van der Waals surface area (Å²) in [7, 11) is 5.76. The maximum absolute atomic E-state index is 14.1. The normalized spacial score (nSPS) is 15.6. The van der Waals surface area contributed by atoms with E-state index in [-0.39, 0.29) is 42.8 Å². The molecular formula is C26H43Cl3N4O3. The van der Waals surface area contributed by atoms with Gasteiger partial charge >= 0.3 is 0 Å². The molecule has 1 saturated heterocycles. The van der Waals surface area contributed by atoms with Crippen LogP contribution in [0.1, 0.15) is 50.0 Å². The molecule has 0 radical (unpaired) electrons. The molecule has 0 spiro atoms. The van der Waals surface area contributed by atoms with Crippen molar-refractivity contribution in [2.24, 2.45) is 0 Å². The number of rotatable bonds is 12. The van der Waals surface area contributed by atoms with E-state index in [0.29, 0.717) is 30.5 Å². The Morgan fingerprint density at radius 2 is 1.97 bits per heavy atom. The number of fused-ring (bicyclic) bond motifs is 1. The Hall–Kier alpha value is -1.22. The van der Waals surface area contributed by atoms with Crippen molar-refractivity contribution < 1.29 is 14.3 Å². The number of carbonyl (C=O) groups is 1. The lowest BCUT2D eigenvalue weighted by molar-refractivity contribution is 0.0562. The molecule has 1 N–H and O–H groups in total. The zero-order chi connectivity index (χ0) is 24.7. The summed E-state index contributed by atoms with van der Waals surface area (Å²) in [5.41, 5.74) is 1.47. The van der Waals surface area contributed by atoms with Crippen molar-refractivity contribution >= 4 is 53.2 Å². The van der Waals surface area contributed by atoms with E-state index in [1.54, 1.807) is 7.11 Å². The third-order valence-electron chi connectivity index (χ3n) is 6.42. The lowest BCUT2D eigenvalue weighted by atomic mass is 10.0. The fourth-order valence-electron chi connectivity index (χ4n) is 4.75. The van der Waals surface area contributed by atoms with Crippen LogP contribution in [0.3, 0.4) is 0 Å². The largest absolute Gasteiger partial charge is 0.490 e. The predicted octanol–water partition coefficient (Wildman–Crippen LogP) is 5.11. The van der Waals surface area contributed by atoms with E-state index in [9.17, 15) is 4.79 Å². The van der Waals surface area contributed by atoms with E-state index in [1.165, 1.54) is 0 Å². The summed E-state index contributed by atoms with van der Waals surface area (Å²) in [6.45, 7) is 8.72. The number of aryl methyl sites for hydroxylation is 1. The minimum Gasteiger partial charge on any atom is -0.490 e. The van der Waals surface area contributed by atoms with Crippen molar-refractivity contribution in [3.05, 3.63) is 28.9 Å². The van der Waals surface area contributed by atoms with Crippen LogP contribution in [-0.2, 0) is 11.3 Å². The van der Waals surface area contributed by atoms with Crippen LogP contribution in [-0.4, -0.2) is 86.4 Å². The Morgan fingerprint density at radius 1 is 1.22 bits per heavy atom. The van der Waals surface area contributed by atoms with Gasteiger partial charge in [0.05, 0.1) is 10.5 Å². The topological polar surface area (TPSA) is 59.0 Å². The molecule has 206 valence electrons. The van der Waals surface area contributed by atoms with E-state index in [2.05, 4.69) is 28.6 Å². The first-order chi connectivity index (χ1) is 16.4. The summed E-state index contributed by atoms with van der Waals surface area (Å²) in [6, 6.07) is 6.14. The Labute approximate surface area is 233 Å². The van der Waals surface area contributed by atoms with Crippen molar-refractivity contribution in [1.29, 1.82) is 0 Å². The van der Waals surface area contributed by atoms with Gasteiger partial charge in [0.25, 0.3) is 5.91 Å².